The molecule has 0 aliphatic carbocycles. The van der Waals surface area contributed by atoms with Crippen LogP contribution < -0.4 is 15.5 Å². The summed E-state index contributed by atoms with van der Waals surface area (Å²) in [6.45, 7) is 3.24. The van der Waals surface area contributed by atoms with Crippen LogP contribution in [0.2, 0.25) is 0 Å². The second-order valence-corrected chi connectivity index (χ2v) is 8.00. The van der Waals surface area contributed by atoms with Gasteiger partial charge in [-0.1, -0.05) is 0 Å². The van der Waals surface area contributed by atoms with Gasteiger partial charge < -0.3 is 20.3 Å². The molecule has 2 fully saturated rings. The van der Waals surface area contributed by atoms with Crippen molar-refractivity contribution in [3.8, 4) is 0 Å². The first-order valence-corrected chi connectivity index (χ1v) is 10.6. The van der Waals surface area contributed by atoms with Crippen molar-refractivity contribution in [3.05, 3.63) is 35.7 Å². The van der Waals surface area contributed by atoms with E-state index in [4.69, 9.17) is 9.72 Å². The Balaban J connectivity index is 1.66. The zero-order valence-electron chi connectivity index (χ0n) is 17.5. The number of hydrogen-bond acceptors (Lipinski definition) is 7. The molecule has 1 atom stereocenters. The monoisotopic (exact) mass is 436 g/mol. The summed E-state index contributed by atoms with van der Waals surface area (Å²) >= 11 is 0. The number of nitrogens with one attached hydrogen (secondary N) is 2. The normalized spacial score (nSPS) is 20.3. The molecule has 10 heteroatoms. The molecule has 0 radical (unpaired) electrons. The summed E-state index contributed by atoms with van der Waals surface area (Å²) in [5.41, 5.74) is 0.154. The SMILES string of the molecule is COCC1CCCN1c1nc(Nc2cc(C(F)(F)F)ccn2)cc(C2CCNCC2)n1. The number of anilines is 3. The lowest BCUT2D eigenvalue weighted by Gasteiger charge is -2.27. The van der Waals surface area contributed by atoms with Gasteiger partial charge in [-0.3, -0.25) is 0 Å². The van der Waals surface area contributed by atoms with Crippen LogP contribution in [0, 0.1) is 0 Å². The average Bonchev–Trinajstić information content (AvgIpc) is 3.22. The fraction of sp³-hybridized carbons (Fsp3) is 0.571. The van der Waals surface area contributed by atoms with Crippen LogP contribution in [0.4, 0.5) is 30.8 Å². The summed E-state index contributed by atoms with van der Waals surface area (Å²) in [6, 6.07) is 3.97. The van der Waals surface area contributed by atoms with Gasteiger partial charge in [0.05, 0.1) is 23.9 Å². The highest BCUT2D eigenvalue weighted by Crippen LogP contribution is 2.32. The maximum atomic E-state index is 13.1. The Labute approximate surface area is 179 Å². The molecule has 31 heavy (non-hydrogen) atoms. The van der Waals surface area contributed by atoms with Gasteiger partial charge in [0.2, 0.25) is 5.95 Å². The van der Waals surface area contributed by atoms with E-state index in [0.717, 1.165) is 69.3 Å². The van der Waals surface area contributed by atoms with Crippen LogP contribution in [0.3, 0.4) is 0 Å². The van der Waals surface area contributed by atoms with E-state index in [1.54, 1.807) is 7.11 Å². The smallest absolute Gasteiger partial charge is 0.383 e. The van der Waals surface area contributed by atoms with E-state index in [1.165, 1.54) is 0 Å². The molecular weight excluding hydrogens is 409 g/mol. The summed E-state index contributed by atoms with van der Waals surface area (Å²) in [5.74, 6) is 1.42. The van der Waals surface area contributed by atoms with Gasteiger partial charge in [-0.25, -0.2) is 9.97 Å². The van der Waals surface area contributed by atoms with Crippen LogP contribution in [-0.2, 0) is 10.9 Å². The first-order valence-electron chi connectivity index (χ1n) is 10.6. The first kappa shape index (κ1) is 21.8. The third kappa shape index (κ3) is 5.24. The van der Waals surface area contributed by atoms with Crippen LogP contribution in [0.5, 0.6) is 0 Å². The molecule has 0 spiro atoms. The predicted octanol–water partition coefficient (Wildman–Crippen LogP) is 3.72. The fourth-order valence-electron chi connectivity index (χ4n) is 4.24. The number of alkyl halides is 3. The fourth-order valence-corrected chi connectivity index (χ4v) is 4.24. The van der Waals surface area contributed by atoms with E-state index in [1.807, 2.05) is 6.07 Å². The molecule has 2 aromatic heterocycles. The Bertz CT molecular complexity index is 888. The molecule has 4 heterocycles. The van der Waals surface area contributed by atoms with Crippen molar-refractivity contribution in [2.24, 2.45) is 0 Å². The summed E-state index contributed by atoms with van der Waals surface area (Å²) < 4.78 is 44.6. The molecule has 0 saturated carbocycles. The summed E-state index contributed by atoms with van der Waals surface area (Å²) in [5, 5.41) is 6.32. The Kier molecular flexibility index (Phi) is 6.57. The van der Waals surface area contributed by atoms with E-state index in [2.05, 4.69) is 25.5 Å². The third-order valence-electron chi connectivity index (χ3n) is 5.83. The number of piperidine rings is 1. The molecule has 0 aromatic carbocycles. The minimum atomic E-state index is -4.43. The average molecular weight is 436 g/mol. The van der Waals surface area contributed by atoms with E-state index < -0.39 is 11.7 Å². The Morgan fingerprint density at radius 2 is 1.97 bits per heavy atom. The number of methoxy groups -OCH3 is 1. The van der Waals surface area contributed by atoms with Crippen molar-refractivity contribution in [3.63, 3.8) is 0 Å². The minimum Gasteiger partial charge on any atom is -0.383 e. The topological polar surface area (TPSA) is 75.2 Å². The molecule has 2 N–H and O–H groups in total. The Morgan fingerprint density at radius 3 is 2.71 bits per heavy atom. The number of halogens is 3. The summed E-state index contributed by atoms with van der Waals surface area (Å²) in [4.78, 5) is 15.7. The van der Waals surface area contributed by atoms with Crippen molar-refractivity contribution in [1.82, 2.24) is 20.3 Å². The van der Waals surface area contributed by atoms with Gasteiger partial charge in [0.15, 0.2) is 0 Å². The third-order valence-corrected chi connectivity index (χ3v) is 5.83. The number of pyridine rings is 1. The van der Waals surface area contributed by atoms with Gasteiger partial charge in [-0.15, -0.1) is 0 Å². The van der Waals surface area contributed by atoms with Crippen LogP contribution in [0.1, 0.15) is 42.9 Å². The number of rotatable bonds is 6. The lowest BCUT2D eigenvalue weighted by molar-refractivity contribution is -0.137. The second kappa shape index (κ2) is 9.35. The van der Waals surface area contributed by atoms with Crippen molar-refractivity contribution in [2.75, 3.05) is 43.6 Å². The number of ether oxygens (including phenoxy) is 1. The first-order chi connectivity index (χ1) is 14.9. The minimum absolute atomic E-state index is 0.102. The van der Waals surface area contributed by atoms with Gasteiger partial charge in [-0.05, 0) is 50.9 Å². The maximum absolute atomic E-state index is 13.1. The number of aromatic nitrogens is 3. The highest BCUT2D eigenvalue weighted by Gasteiger charge is 2.31. The Hall–Kier alpha value is -2.46. The van der Waals surface area contributed by atoms with E-state index >= 15 is 0 Å². The molecule has 1 unspecified atom stereocenters. The highest BCUT2D eigenvalue weighted by molar-refractivity contribution is 5.56. The zero-order chi connectivity index (χ0) is 21.8. The predicted molar refractivity (Wildman–Crippen MR) is 112 cm³/mol. The Morgan fingerprint density at radius 1 is 1.16 bits per heavy atom. The molecule has 2 aliphatic heterocycles. The van der Waals surface area contributed by atoms with Gasteiger partial charge in [-0.2, -0.15) is 18.2 Å². The van der Waals surface area contributed by atoms with Crippen LogP contribution in [-0.4, -0.2) is 54.3 Å². The molecule has 4 rings (SSSR count). The quantitative estimate of drug-likeness (QED) is 0.715. The molecule has 2 saturated heterocycles. The standard InChI is InChI=1S/C21H27F3N6O/c1-31-13-16-3-2-10-30(16)20-27-17(14-4-7-25-8-5-14)12-19(29-20)28-18-11-15(6-9-26-18)21(22,23)24/h6,9,11-12,14,16,25H,2-5,7-8,10,13H2,1H3,(H,26,27,28,29). The molecule has 168 valence electrons. The summed E-state index contributed by atoms with van der Waals surface area (Å²) in [6.07, 6.45) is 0.646. The molecule has 2 aliphatic rings. The highest BCUT2D eigenvalue weighted by atomic mass is 19.4. The van der Waals surface area contributed by atoms with Crippen LogP contribution in [0.25, 0.3) is 0 Å². The lowest BCUT2D eigenvalue weighted by atomic mass is 9.94. The van der Waals surface area contributed by atoms with Crippen molar-refractivity contribution in [1.29, 1.82) is 0 Å². The molecule has 7 nitrogen and oxygen atoms in total. The number of hydrogen-bond donors (Lipinski definition) is 2. The second-order valence-electron chi connectivity index (χ2n) is 8.00. The molecule has 0 bridgehead atoms. The number of nitrogens with zero attached hydrogens (tertiary/aromatic N) is 4. The van der Waals surface area contributed by atoms with Crippen molar-refractivity contribution >= 4 is 17.6 Å². The van der Waals surface area contributed by atoms with E-state index in [9.17, 15) is 13.2 Å². The van der Waals surface area contributed by atoms with E-state index in [-0.39, 0.29) is 17.8 Å². The largest absolute Gasteiger partial charge is 0.416 e. The van der Waals surface area contributed by atoms with Crippen molar-refractivity contribution < 1.29 is 17.9 Å². The molecule has 0 amide bonds. The van der Waals surface area contributed by atoms with Gasteiger partial charge >= 0.3 is 6.18 Å². The van der Waals surface area contributed by atoms with Crippen molar-refractivity contribution in [2.45, 2.75) is 43.8 Å². The van der Waals surface area contributed by atoms with Gasteiger partial charge in [0.1, 0.15) is 11.6 Å². The van der Waals surface area contributed by atoms with Gasteiger partial charge in [0, 0.05) is 31.8 Å². The van der Waals surface area contributed by atoms with Crippen LogP contribution >= 0.6 is 0 Å². The zero-order valence-corrected chi connectivity index (χ0v) is 17.5. The molecule has 2 aromatic rings. The summed E-state index contributed by atoms with van der Waals surface area (Å²) in [7, 11) is 1.68. The maximum Gasteiger partial charge on any atom is 0.416 e. The lowest BCUT2D eigenvalue weighted by Crippen LogP contribution is -2.34. The van der Waals surface area contributed by atoms with Gasteiger partial charge in [0.25, 0.3) is 0 Å². The molecular formula is C21H27F3N6O. The van der Waals surface area contributed by atoms with Crippen LogP contribution in [0.15, 0.2) is 24.4 Å². The van der Waals surface area contributed by atoms with E-state index in [0.29, 0.717) is 18.4 Å².